The van der Waals surface area contributed by atoms with Gasteiger partial charge in [-0.15, -0.1) is 0 Å². The molecule has 1 aliphatic carbocycles. The summed E-state index contributed by atoms with van der Waals surface area (Å²) < 4.78 is 85.1. The number of methoxy groups -OCH3 is 4. The van der Waals surface area contributed by atoms with E-state index >= 15 is 0 Å². The third-order valence-electron chi connectivity index (χ3n) is 8.52. The van der Waals surface area contributed by atoms with Crippen molar-refractivity contribution in [2.24, 2.45) is 0 Å². The monoisotopic (exact) mass is 825 g/mol. The van der Waals surface area contributed by atoms with Crippen molar-refractivity contribution in [3.05, 3.63) is 82.6 Å². The average Bonchev–Trinajstić information content (AvgIpc) is 3.19. The van der Waals surface area contributed by atoms with E-state index in [1.54, 1.807) is 46.8 Å². The van der Waals surface area contributed by atoms with E-state index in [2.05, 4.69) is 15.2 Å². The van der Waals surface area contributed by atoms with Gasteiger partial charge in [0.15, 0.2) is 28.8 Å². The average molecular weight is 826 g/mol. The number of hydrogen-bond acceptors (Lipinski definition) is 10. The van der Waals surface area contributed by atoms with Crippen LogP contribution in [0.1, 0.15) is 53.6 Å². The quantitative estimate of drug-likeness (QED) is 0.149. The van der Waals surface area contributed by atoms with Gasteiger partial charge in [-0.1, -0.05) is 12.1 Å². The van der Waals surface area contributed by atoms with Crippen LogP contribution in [-0.4, -0.2) is 98.7 Å². The van der Waals surface area contributed by atoms with Gasteiger partial charge >= 0.3 is 24.3 Å². The number of carbonyl (C=O) groups excluding carboxylic acids is 2. The molecule has 2 fully saturated rings. The Morgan fingerprint density at radius 3 is 1.50 bits per heavy atom. The van der Waals surface area contributed by atoms with E-state index in [-0.39, 0.29) is 17.7 Å². The minimum Gasteiger partial charge on any atom is -0.493 e. The predicted octanol–water partition coefficient (Wildman–Crippen LogP) is 7.00. The fourth-order valence-corrected chi connectivity index (χ4v) is 5.73. The summed E-state index contributed by atoms with van der Waals surface area (Å²) in [4.78, 5) is 51.8. The van der Waals surface area contributed by atoms with Crippen molar-refractivity contribution in [1.82, 2.24) is 10.3 Å². The van der Waals surface area contributed by atoms with Crippen molar-refractivity contribution in [1.29, 1.82) is 0 Å². The van der Waals surface area contributed by atoms with Gasteiger partial charge < -0.3 is 39.4 Å². The Morgan fingerprint density at radius 2 is 1.14 bits per heavy atom. The molecule has 2 aromatic carbocycles. The number of piperidine rings is 1. The van der Waals surface area contributed by atoms with Crippen LogP contribution in [0.4, 0.5) is 32.2 Å². The summed E-state index contributed by atoms with van der Waals surface area (Å²) in [6.45, 7) is 1.97. The first-order chi connectivity index (χ1) is 27.3. The Kier molecular flexibility index (Phi) is 16.5. The summed E-state index contributed by atoms with van der Waals surface area (Å²) in [5.74, 6) is -2.59. The normalized spacial score (nSPS) is 16.9. The minimum atomic E-state index is -5.08. The fraction of sp³-hybridized carbons (Fsp3) is 0.359. The molecule has 314 valence electrons. The van der Waals surface area contributed by atoms with Crippen molar-refractivity contribution in [3.8, 4) is 23.0 Å². The van der Waals surface area contributed by atoms with Gasteiger partial charge in [-0.2, -0.15) is 26.3 Å². The highest BCUT2D eigenvalue weighted by atomic mass is 19.4. The highest BCUT2D eigenvalue weighted by Crippen LogP contribution is 2.34. The maximum atomic E-state index is 13.8. The molecule has 3 aromatic rings. The third-order valence-corrected chi connectivity index (χ3v) is 8.52. The molecule has 13 nitrogen and oxygen atoms in total. The van der Waals surface area contributed by atoms with E-state index in [4.69, 9.17) is 38.7 Å². The van der Waals surface area contributed by atoms with E-state index in [0.717, 1.165) is 42.9 Å². The van der Waals surface area contributed by atoms with Gasteiger partial charge in [-0.05, 0) is 91.8 Å². The molecule has 0 bridgehead atoms. The largest absolute Gasteiger partial charge is 0.493 e. The van der Waals surface area contributed by atoms with Crippen molar-refractivity contribution in [2.75, 3.05) is 46.4 Å². The Bertz CT molecular complexity index is 1870. The topological polar surface area (TPSA) is 174 Å². The second-order valence-corrected chi connectivity index (χ2v) is 12.5. The highest BCUT2D eigenvalue weighted by Gasteiger charge is 2.39. The van der Waals surface area contributed by atoms with Crippen LogP contribution in [0.5, 0.6) is 23.0 Å². The number of aromatic nitrogens is 1. The lowest BCUT2D eigenvalue weighted by atomic mass is 9.83. The van der Waals surface area contributed by atoms with E-state index in [0.29, 0.717) is 52.5 Å². The summed E-state index contributed by atoms with van der Waals surface area (Å²) in [5.41, 5.74) is 3.23. The number of amides is 1. The Hall–Kier alpha value is -6.27. The molecule has 1 saturated heterocycles. The number of ketones is 1. The summed E-state index contributed by atoms with van der Waals surface area (Å²) >= 11 is 0. The minimum absolute atomic E-state index is 0.0763. The van der Waals surface area contributed by atoms with E-state index in [1.165, 1.54) is 6.42 Å². The van der Waals surface area contributed by atoms with E-state index in [1.807, 2.05) is 48.6 Å². The van der Waals surface area contributed by atoms with Gasteiger partial charge in [0.2, 0.25) is 0 Å². The highest BCUT2D eigenvalue weighted by molar-refractivity contribution is 6.14. The van der Waals surface area contributed by atoms with Crippen LogP contribution in [0.3, 0.4) is 0 Å². The van der Waals surface area contributed by atoms with Gasteiger partial charge in [0.25, 0.3) is 5.91 Å². The first kappa shape index (κ1) is 46.1. The molecule has 0 atom stereocenters. The van der Waals surface area contributed by atoms with Crippen LogP contribution in [0, 0.1) is 0 Å². The number of ether oxygens (including phenoxy) is 4. The number of carboxylic acids is 2. The van der Waals surface area contributed by atoms with Gasteiger partial charge in [0.1, 0.15) is 5.82 Å². The lowest BCUT2D eigenvalue weighted by molar-refractivity contribution is -0.193. The second-order valence-electron chi connectivity index (χ2n) is 12.5. The number of carbonyl (C=O) groups is 4. The van der Waals surface area contributed by atoms with Crippen molar-refractivity contribution < 1.29 is 74.7 Å². The second kappa shape index (κ2) is 20.8. The molecule has 1 saturated carbocycles. The number of benzene rings is 2. The maximum Gasteiger partial charge on any atom is 0.490 e. The number of pyridine rings is 1. The SMILES string of the molecule is COc1ccc(/C=C2\CC(NC(=O)c3ccc(N4CCCCC4)nc3)C/C(=C\c3ccc(OC)c(OC)c3)C2=O)cc1OC.O=C(O)C(F)(F)F.O=C(O)C(F)(F)F. The van der Waals surface area contributed by atoms with E-state index < -0.39 is 24.3 Å². The number of aliphatic carboxylic acids is 2. The molecular formula is C39H41F6N3O10. The molecule has 1 amide bonds. The van der Waals surface area contributed by atoms with Gasteiger partial charge in [0, 0.05) is 36.5 Å². The van der Waals surface area contributed by atoms with Crippen molar-refractivity contribution in [2.45, 2.75) is 50.5 Å². The third kappa shape index (κ3) is 13.4. The molecular weight excluding hydrogens is 784 g/mol. The van der Waals surface area contributed by atoms with Crippen LogP contribution in [-0.2, 0) is 14.4 Å². The molecule has 2 heterocycles. The number of halogens is 6. The first-order valence-electron chi connectivity index (χ1n) is 17.3. The van der Waals surface area contributed by atoms with Crippen LogP contribution in [0.2, 0.25) is 0 Å². The van der Waals surface area contributed by atoms with Crippen LogP contribution < -0.4 is 29.2 Å². The predicted molar refractivity (Wildman–Crippen MR) is 198 cm³/mol. The summed E-state index contributed by atoms with van der Waals surface area (Å²) in [6.07, 6.45) is -0.534. The number of nitrogens with one attached hydrogen (secondary N) is 1. The number of alkyl halides is 6. The Balaban J connectivity index is 0.000000550. The van der Waals surface area contributed by atoms with Gasteiger partial charge in [-0.25, -0.2) is 14.6 Å². The number of carboxylic acid groups (broad SMARTS) is 2. The Labute approximate surface area is 328 Å². The maximum absolute atomic E-state index is 13.8. The molecule has 0 spiro atoms. The lowest BCUT2D eigenvalue weighted by Gasteiger charge is -2.28. The number of rotatable bonds is 9. The molecule has 58 heavy (non-hydrogen) atoms. The molecule has 0 radical (unpaired) electrons. The summed E-state index contributed by atoms with van der Waals surface area (Å²) in [7, 11) is 6.31. The number of Topliss-reactive ketones (excluding diaryl/α,β-unsaturated/α-hetero) is 1. The molecule has 0 unspecified atom stereocenters. The zero-order valence-electron chi connectivity index (χ0n) is 31.7. The molecule has 1 aliphatic heterocycles. The number of hydrogen-bond donors (Lipinski definition) is 3. The van der Waals surface area contributed by atoms with Gasteiger partial charge in [-0.3, -0.25) is 9.59 Å². The van der Waals surface area contributed by atoms with Crippen LogP contribution in [0.15, 0.2) is 65.9 Å². The summed E-state index contributed by atoms with van der Waals surface area (Å²) in [5, 5.41) is 17.4. The molecule has 5 rings (SSSR count). The smallest absolute Gasteiger partial charge is 0.490 e. The number of anilines is 1. The Morgan fingerprint density at radius 1 is 0.707 bits per heavy atom. The fourth-order valence-electron chi connectivity index (χ4n) is 5.73. The van der Waals surface area contributed by atoms with Crippen LogP contribution >= 0.6 is 0 Å². The van der Waals surface area contributed by atoms with Crippen LogP contribution in [0.25, 0.3) is 12.2 Å². The van der Waals surface area contributed by atoms with Gasteiger partial charge in [0.05, 0.1) is 34.0 Å². The molecule has 1 aromatic heterocycles. The van der Waals surface area contributed by atoms with Crippen molar-refractivity contribution in [3.63, 3.8) is 0 Å². The molecule has 2 aliphatic rings. The first-order valence-corrected chi connectivity index (χ1v) is 17.3. The summed E-state index contributed by atoms with van der Waals surface area (Å²) in [6, 6.07) is 14.4. The standard InChI is InChI=1S/C35H39N3O6.2C2HF3O2/c1-41-29-11-8-23(18-31(29)43-3)16-26-20-28(21-27(34(26)39)17-24-9-12-30(42-2)32(19-24)44-4)37-35(40)25-10-13-33(36-22-25)38-14-6-5-7-15-38;2*3-2(4,5)1(6)7/h8-13,16-19,22,28H,5-7,14-15,20-21H2,1-4H3,(H,37,40);2*(H,6,7)/b26-16+,27-17+;;. The van der Waals surface area contributed by atoms with Crippen molar-refractivity contribution >= 4 is 41.6 Å². The zero-order valence-corrected chi connectivity index (χ0v) is 31.7. The lowest BCUT2D eigenvalue weighted by Crippen LogP contribution is -2.39. The molecule has 3 N–H and O–H groups in total. The van der Waals surface area contributed by atoms with E-state index in [9.17, 15) is 35.9 Å². The number of nitrogens with zero attached hydrogens (tertiary/aromatic N) is 2. The molecule has 19 heteroatoms. The zero-order chi connectivity index (χ0) is 43.2.